The molecule has 0 bridgehead atoms. The molecule has 1 fully saturated rings. The highest BCUT2D eigenvalue weighted by Crippen LogP contribution is 2.36. The average Bonchev–Trinajstić information content (AvgIpc) is 3.38. The first-order valence-electron chi connectivity index (χ1n) is 9.75. The molecule has 1 amide bonds. The number of nitrogens with zero attached hydrogens (tertiary/aromatic N) is 3. The summed E-state index contributed by atoms with van der Waals surface area (Å²) in [5.41, 5.74) is 1.45. The van der Waals surface area contributed by atoms with Crippen LogP contribution in [0.1, 0.15) is 49.8 Å². The molecule has 7 nitrogen and oxygen atoms in total. The molecule has 1 aliphatic heterocycles. The Bertz CT molecular complexity index is 1010. The van der Waals surface area contributed by atoms with Crippen LogP contribution in [0.4, 0.5) is 0 Å². The van der Waals surface area contributed by atoms with Gasteiger partial charge in [-0.05, 0) is 43.7 Å². The third-order valence-electron chi connectivity index (χ3n) is 5.67. The van der Waals surface area contributed by atoms with Crippen molar-refractivity contribution in [3.8, 4) is 5.69 Å². The van der Waals surface area contributed by atoms with Crippen molar-refractivity contribution in [3.63, 3.8) is 0 Å². The maximum atomic E-state index is 13.3. The van der Waals surface area contributed by atoms with Gasteiger partial charge in [-0.25, -0.2) is 13.4 Å². The average molecular weight is 403 g/mol. The van der Waals surface area contributed by atoms with Gasteiger partial charge in [0.25, 0.3) is 5.91 Å². The minimum Gasteiger partial charge on any atom is -0.348 e. The Balaban J connectivity index is 1.79. The molecule has 2 aliphatic rings. The SMILES string of the molecule is CC(C)[C@@H](C)NC(=O)c1ncn2c1CN(CC1CC1)S(=O)(=O)c1ccccc1-2. The van der Waals surface area contributed by atoms with Crippen LogP contribution in [-0.2, 0) is 16.6 Å². The molecule has 1 saturated carbocycles. The van der Waals surface area contributed by atoms with E-state index in [0.29, 0.717) is 29.5 Å². The number of benzene rings is 1. The highest BCUT2D eigenvalue weighted by atomic mass is 32.2. The van der Waals surface area contributed by atoms with E-state index in [-0.39, 0.29) is 29.3 Å². The number of aromatic nitrogens is 2. The van der Waals surface area contributed by atoms with Crippen molar-refractivity contribution in [1.82, 2.24) is 19.2 Å². The second-order valence-corrected chi connectivity index (χ2v) is 10.0. The molecule has 0 spiro atoms. The van der Waals surface area contributed by atoms with Crippen molar-refractivity contribution >= 4 is 15.9 Å². The lowest BCUT2D eigenvalue weighted by Crippen LogP contribution is -2.37. The third kappa shape index (κ3) is 3.35. The first-order chi connectivity index (χ1) is 13.3. The van der Waals surface area contributed by atoms with E-state index < -0.39 is 10.0 Å². The molecule has 1 aromatic carbocycles. The number of sulfonamides is 1. The lowest BCUT2D eigenvalue weighted by molar-refractivity contribution is 0.0924. The van der Waals surface area contributed by atoms with E-state index in [9.17, 15) is 13.2 Å². The molecule has 2 aromatic rings. The Kier molecular flexibility index (Phi) is 4.79. The predicted octanol–water partition coefficient (Wildman–Crippen LogP) is 2.56. The first kappa shape index (κ1) is 19.1. The number of fused-ring (bicyclic) bond motifs is 3. The smallest absolute Gasteiger partial charge is 0.272 e. The van der Waals surface area contributed by atoms with Crippen molar-refractivity contribution in [2.45, 2.75) is 51.1 Å². The van der Waals surface area contributed by atoms with Gasteiger partial charge in [0.15, 0.2) is 5.69 Å². The summed E-state index contributed by atoms with van der Waals surface area (Å²) in [6.45, 7) is 6.66. The van der Waals surface area contributed by atoms with Crippen LogP contribution in [0.3, 0.4) is 0 Å². The fourth-order valence-electron chi connectivity index (χ4n) is 3.38. The quantitative estimate of drug-likeness (QED) is 0.833. The maximum absolute atomic E-state index is 13.3. The zero-order chi connectivity index (χ0) is 20.1. The standard InChI is InChI=1S/C20H26N4O3S/c1-13(2)14(3)22-20(25)19-17-11-23(10-15-8-9-15)28(26,27)18-7-5-4-6-16(18)24(17)12-21-19/h4-7,12-15H,8-11H2,1-3H3,(H,22,25)/t14-/m1/s1. The molecular weight excluding hydrogens is 376 g/mol. The largest absolute Gasteiger partial charge is 0.348 e. The highest BCUT2D eigenvalue weighted by molar-refractivity contribution is 7.89. The second kappa shape index (κ2) is 7.00. The van der Waals surface area contributed by atoms with Gasteiger partial charge in [0.1, 0.15) is 11.2 Å². The van der Waals surface area contributed by atoms with E-state index in [1.54, 1.807) is 35.2 Å². The van der Waals surface area contributed by atoms with Crippen LogP contribution in [-0.4, -0.2) is 40.8 Å². The maximum Gasteiger partial charge on any atom is 0.272 e. The van der Waals surface area contributed by atoms with Gasteiger partial charge < -0.3 is 5.32 Å². The lowest BCUT2D eigenvalue weighted by Gasteiger charge is -2.20. The summed E-state index contributed by atoms with van der Waals surface area (Å²) in [5, 5.41) is 2.98. The van der Waals surface area contributed by atoms with Crippen molar-refractivity contribution in [2.24, 2.45) is 11.8 Å². The zero-order valence-corrected chi connectivity index (χ0v) is 17.2. The van der Waals surface area contributed by atoms with Gasteiger partial charge in [-0.2, -0.15) is 4.31 Å². The van der Waals surface area contributed by atoms with Crippen molar-refractivity contribution in [2.75, 3.05) is 6.54 Å². The summed E-state index contributed by atoms with van der Waals surface area (Å²) in [6.07, 6.45) is 3.65. The molecule has 150 valence electrons. The van der Waals surface area contributed by atoms with Crippen LogP contribution < -0.4 is 5.32 Å². The lowest BCUT2D eigenvalue weighted by atomic mass is 10.1. The number of carbonyl (C=O) groups excluding carboxylic acids is 1. The van der Waals surface area contributed by atoms with E-state index >= 15 is 0 Å². The molecule has 0 radical (unpaired) electrons. The van der Waals surface area contributed by atoms with Crippen LogP contribution in [0.15, 0.2) is 35.5 Å². The van der Waals surface area contributed by atoms with E-state index in [4.69, 9.17) is 0 Å². The van der Waals surface area contributed by atoms with Gasteiger partial charge in [0.05, 0.1) is 17.9 Å². The van der Waals surface area contributed by atoms with E-state index in [1.165, 1.54) is 4.31 Å². The Morgan fingerprint density at radius 2 is 1.96 bits per heavy atom. The predicted molar refractivity (Wildman–Crippen MR) is 106 cm³/mol. The van der Waals surface area contributed by atoms with Gasteiger partial charge in [-0.15, -0.1) is 0 Å². The molecule has 1 atom stereocenters. The Hall–Kier alpha value is -2.19. The molecule has 2 heterocycles. The number of hydrogen-bond donors (Lipinski definition) is 1. The van der Waals surface area contributed by atoms with Crippen LogP contribution in [0.25, 0.3) is 5.69 Å². The topological polar surface area (TPSA) is 84.3 Å². The Labute approximate surface area is 165 Å². The van der Waals surface area contributed by atoms with Crippen molar-refractivity contribution < 1.29 is 13.2 Å². The molecule has 0 unspecified atom stereocenters. The van der Waals surface area contributed by atoms with Crippen molar-refractivity contribution in [1.29, 1.82) is 0 Å². The molecule has 1 aromatic heterocycles. The highest BCUT2D eigenvalue weighted by Gasteiger charge is 2.37. The van der Waals surface area contributed by atoms with Gasteiger partial charge >= 0.3 is 0 Å². The Morgan fingerprint density at radius 1 is 1.25 bits per heavy atom. The third-order valence-corrected chi connectivity index (χ3v) is 7.53. The fraction of sp³-hybridized carbons (Fsp3) is 0.500. The van der Waals surface area contributed by atoms with Crippen LogP contribution >= 0.6 is 0 Å². The number of para-hydroxylation sites is 1. The fourth-order valence-corrected chi connectivity index (χ4v) is 5.04. The zero-order valence-electron chi connectivity index (χ0n) is 16.4. The van der Waals surface area contributed by atoms with E-state index in [1.807, 2.05) is 20.8 Å². The number of carbonyl (C=O) groups is 1. The van der Waals surface area contributed by atoms with Crippen LogP contribution in [0, 0.1) is 11.8 Å². The minimum absolute atomic E-state index is 0.00536. The number of nitrogens with one attached hydrogen (secondary N) is 1. The summed E-state index contributed by atoms with van der Waals surface area (Å²) in [7, 11) is -3.64. The van der Waals surface area contributed by atoms with Crippen LogP contribution in [0.5, 0.6) is 0 Å². The van der Waals surface area contributed by atoms with Gasteiger partial charge in [0, 0.05) is 12.6 Å². The van der Waals surface area contributed by atoms with E-state index in [0.717, 1.165) is 12.8 Å². The summed E-state index contributed by atoms with van der Waals surface area (Å²) in [5.74, 6) is 0.422. The number of imidazole rings is 1. The summed E-state index contributed by atoms with van der Waals surface area (Å²) in [6, 6.07) is 6.91. The number of hydrogen-bond acceptors (Lipinski definition) is 4. The molecule has 1 aliphatic carbocycles. The molecular formula is C20H26N4O3S. The van der Waals surface area contributed by atoms with Crippen molar-refractivity contribution in [3.05, 3.63) is 42.0 Å². The summed E-state index contributed by atoms with van der Waals surface area (Å²) in [4.78, 5) is 17.5. The Morgan fingerprint density at radius 3 is 2.64 bits per heavy atom. The monoisotopic (exact) mass is 402 g/mol. The minimum atomic E-state index is -3.64. The van der Waals surface area contributed by atoms with Gasteiger partial charge in [-0.3, -0.25) is 9.36 Å². The summed E-state index contributed by atoms with van der Waals surface area (Å²) >= 11 is 0. The summed E-state index contributed by atoms with van der Waals surface area (Å²) < 4.78 is 29.8. The number of amides is 1. The second-order valence-electron chi connectivity index (χ2n) is 8.12. The van der Waals surface area contributed by atoms with Gasteiger partial charge in [0.2, 0.25) is 10.0 Å². The molecule has 8 heteroatoms. The number of rotatable bonds is 5. The first-order valence-corrected chi connectivity index (χ1v) is 11.2. The molecule has 0 saturated heterocycles. The molecule has 4 rings (SSSR count). The van der Waals surface area contributed by atoms with E-state index in [2.05, 4.69) is 10.3 Å². The normalized spacial score (nSPS) is 19.6. The molecule has 28 heavy (non-hydrogen) atoms. The van der Waals surface area contributed by atoms with Crippen LogP contribution in [0.2, 0.25) is 0 Å². The molecule has 1 N–H and O–H groups in total. The van der Waals surface area contributed by atoms with Gasteiger partial charge in [-0.1, -0.05) is 26.0 Å².